The van der Waals surface area contributed by atoms with Gasteiger partial charge in [0.2, 0.25) is 5.16 Å². The van der Waals surface area contributed by atoms with E-state index in [0.29, 0.717) is 33.1 Å². The molecule has 172 valence electrons. The highest BCUT2D eigenvalue weighted by atomic mass is 32.2. The number of halogens is 6. The van der Waals surface area contributed by atoms with Gasteiger partial charge in [0.05, 0.1) is 29.6 Å². The van der Waals surface area contributed by atoms with Gasteiger partial charge in [0.15, 0.2) is 4.34 Å². The summed E-state index contributed by atoms with van der Waals surface area (Å²) in [6, 6.07) is 8.20. The van der Waals surface area contributed by atoms with E-state index in [4.69, 9.17) is 4.74 Å². The molecule has 0 aliphatic carbocycles. The first kappa shape index (κ1) is 23.0. The summed E-state index contributed by atoms with van der Waals surface area (Å²) in [6.07, 6.45) is -9.88. The third-order valence-corrected chi connectivity index (χ3v) is 6.18. The van der Waals surface area contributed by atoms with Gasteiger partial charge >= 0.3 is 12.4 Å². The van der Waals surface area contributed by atoms with Crippen LogP contribution in [0.2, 0.25) is 0 Å². The molecular formula is C19H11F6N5OS2. The van der Waals surface area contributed by atoms with E-state index in [-0.39, 0.29) is 17.3 Å². The molecule has 0 aliphatic heterocycles. The van der Waals surface area contributed by atoms with Crippen molar-refractivity contribution in [2.45, 2.75) is 21.8 Å². The minimum absolute atomic E-state index is 0.0254. The second-order valence-electron chi connectivity index (χ2n) is 6.47. The molecule has 0 spiro atoms. The third-order valence-electron chi connectivity index (χ3n) is 4.30. The van der Waals surface area contributed by atoms with Crippen molar-refractivity contribution in [2.24, 2.45) is 0 Å². The maximum Gasteiger partial charge on any atom is 0.416 e. The van der Waals surface area contributed by atoms with E-state index >= 15 is 0 Å². The van der Waals surface area contributed by atoms with Crippen LogP contribution in [-0.4, -0.2) is 32.3 Å². The minimum Gasteiger partial charge on any atom is -0.497 e. The van der Waals surface area contributed by atoms with Crippen molar-refractivity contribution in [2.75, 3.05) is 7.11 Å². The van der Waals surface area contributed by atoms with Crippen molar-refractivity contribution >= 4 is 23.1 Å². The first-order chi connectivity index (χ1) is 15.5. The van der Waals surface area contributed by atoms with Gasteiger partial charge in [0.25, 0.3) is 0 Å². The Morgan fingerprint density at radius 2 is 1.58 bits per heavy atom. The highest BCUT2D eigenvalue weighted by Crippen LogP contribution is 2.40. The molecule has 0 saturated heterocycles. The van der Waals surface area contributed by atoms with Crippen molar-refractivity contribution in [1.29, 1.82) is 0 Å². The Labute approximate surface area is 190 Å². The van der Waals surface area contributed by atoms with E-state index in [1.54, 1.807) is 24.3 Å². The number of thiazole rings is 1. The van der Waals surface area contributed by atoms with E-state index in [2.05, 4.69) is 20.5 Å². The zero-order chi connectivity index (χ0) is 23.8. The number of hydrogen-bond acceptors (Lipinski definition) is 7. The van der Waals surface area contributed by atoms with Crippen LogP contribution in [0.25, 0.3) is 16.9 Å². The number of aromatic nitrogens is 5. The molecule has 0 aliphatic rings. The number of benzene rings is 2. The zero-order valence-corrected chi connectivity index (χ0v) is 18.0. The number of ether oxygens (including phenoxy) is 1. The van der Waals surface area contributed by atoms with Crippen molar-refractivity contribution in [3.63, 3.8) is 0 Å². The van der Waals surface area contributed by atoms with Crippen LogP contribution in [0.4, 0.5) is 26.3 Å². The number of tetrazole rings is 1. The van der Waals surface area contributed by atoms with Crippen molar-refractivity contribution in [3.8, 4) is 22.7 Å². The quantitative estimate of drug-likeness (QED) is 0.312. The molecule has 0 fully saturated rings. The number of nitrogens with zero attached hydrogens (tertiary/aromatic N) is 5. The molecule has 2 aromatic heterocycles. The Hall–Kier alpha value is -3.13. The first-order valence-corrected chi connectivity index (χ1v) is 10.6. The zero-order valence-electron chi connectivity index (χ0n) is 16.3. The van der Waals surface area contributed by atoms with Crippen LogP contribution in [0.1, 0.15) is 11.1 Å². The molecule has 0 bridgehead atoms. The van der Waals surface area contributed by atoms with Crippen LogP contribution in [-0.2, 0) is 12.4 Å². The Kier molecular flexibility index (Phi) is 6.05. The first-order valence-electron chi connectivity index (χ1n) is 8.90. The second kappa shape index (κ2) is 8.67. The minimum atomic E-state index is -4.94. The van der Waals surface area contributed by atoms with E-state index < -0.39 is 23.5 Å². The van der Waals surface area contributed by atoms with Gasteiger partial charge in [-0.05, 0) is 64.7 Å². The lowest BCUT2D eigenvalue weighted by atomic mass is 10.0. The van der Waals surface area contributed by atoms with Gasteiger partial charge in [-0.15, -0.1) is 16.4 Å². The fraction of sp³-hybridized carbons (Fsp3) is 0.158. The molecule has 0 unspecified atom stereocenters. The SMILES string of the molecule is COc1ccc(-n2nnnc2Sc2nc(-c3cc(C(F)(F)F)cc(C(F)(F)F)c3)cs2)cc1. The summed E-state index contributed by atoms with van der Waals surface area (Å²) in [7, 11) is 1.52. The molecule has 33 heavy (non-hydrogen) atoms. The van der Waals surface area contributed by atoms with E-state index in [0.717, 1.165) is 23.1 Å². The lowest BCUT2D eigenvalue weighted by Gasteiger charge is -2.13. The Balaban J connectivity index is 1.64. The fourth-order valence-electron chi connectivity index (χ4n) is 2.75. The highest BCUT2D eigenvalue weighted by Gasteiger charge is 2.37. The molecule has 0 N–H and O–H groups in total. The van der Waals surface area contributed by atoms with Crippen molar-refractivity contribution in [1.82, 2.24) is 25.2 Å². The molecule has 2 aromatic carbocycles. The lowest BCUT2D eigenvalue weighted by molar-refractivity contribution is -0.143. The van der Waals surface area contributed by atoms with E-state index in [9.17, 15) is 26.3 Å². The van der Waals surface area contributed by atoms with Crippen LogP contribution >= 0.6 is 23.1 Å². The Morgan fingerprint density at radius 1 is 0.939 bits per heavy atom. The van der Waals surface area contributed by atoms with E-state index in [1.165, 1.54) is 17.2 Å². The van der Waals surface area contributed by atoms with Crippen molar-refractivity contribution in [3.05, 3.63) is 59.0 Å². The predicted molar refractivity (Wildman–Crippen MR) is 107 cm³/mol. The van der Waals surface area contributed by atoms with Crippen LogP contribution in [0.15, 0.2) is 57.3 Å². The van der Waals surface area contributed by atoms with Gasteiger partial charge in [0.1, 0.15) is 5.75 Å². The number of methoxy groups -OCH3 is 1. The molecule has 0 atom stereocenters. The van der Waals surface area contributed by atoms with Crippen LogP contribution < -0.4 is 4.74 Å². The van der Waals surface area contributed by atoms with Crippen molar-refractivity contribution < 1.29 is 31.1 Å². The molecule has 0 amide bonds. The maximum absolute atomic E-state index is 13.1. The molecule has 14 heteroatoms. The molecule has 6 nitrogen and oxygen atoms in total. The molecule has 4 rings (SSSR count). The maximum atomic E-state index is 13.1. The predicted octanol–water partition coefficient (Wildman–Crippen LogP) is 5.98. The van der Waals surface area contributed by atoms with Gasteiger partial charge in [-0.2, -0.15) is 31.0 Å². The summed E-state index contributed by atoms with van der Waals surface area (Å²) in [4.78, 5) is 4.18. The highest BCUT2D eigenvalue weighted by molar-refractivity contribution is 8.00. The second-order valence-corrected chi connectivity index (χ2v) is 8.54. The number of rotatable bonds is 5. The molecule has 0 radical (unpaired) electrons. The summed E-state index contributed by atoms with van der Waals surface area (Å²) < 4.78 is 85.7. The summed E-state index contributed by atoms with van der Waals surface area (Å²) in [5.41, 5.74) is -2.51. The van der Waals surface area contributed by atoms with Gasteiger partial charge in [-0.25, -0.2) is 4.98 Å². The monoisotopic (exact) mass is 503 g/mol. The fourth-order valence-corrected chi connectivity index (χ4v) is 4.46. The normalized spacial score (nSPS) is 12.2. The summed E-state index contributed by atoms with van der Waals surface area (Å²) in [6.45, 7) is 0. The van der Waals surface area contributed by atoms with Gasteiger partial charge in [-0.1, -0.05) is 0 Å². The topological polar surface area (TPSA) is 65.7 Å². The number of alkyl halides is 6. The molecular weight excluding hydrogens is 492 g/mol. The summed E-state index contributed by atoms with van der Waals surface area (Å²) in [5, 5.41) is 13.1. The standard InChI is InChI=1S/C19H11F6N5OS2/c1-31-14-4-2-13(3-5-14)30-16(27-28-29-30)33-17-26-15(9-32-17)10-6-11(18(20,21)22)8-12(7-10)19(23,24)25/h2-9H,1H3. The van der Waals surface area contributed by atoms with Crippen LogP contribution in [0.3, 0.4) is 0 Å². The molecule has 4 aromatic rings. The van der Waals surface area contributed by atoms with Gasteiger partial charge in [-0.3, -0.25) is 0 Å². The van der Waals surface area contributed by atoms with Gasteiger partial charge in [0, 0.05) is 10.9 Å². The lowest BCUT2D eigenvalue weighted by Crippen LogP contribution is -2.11. The van der Waals surface area contributed by atoms with Gasteiger partial charge < -0.3 is 4.74 Å². The average molecular weight is 503 g/mol. The molecule has 2 heterocycles. The average Bonchev–Trinajstić information content (AvgIpc) is 3.42. The summed E-state index contributed by atoms with van der Waals surface area (Å²) >= 11 is 2.06. The van der Waals surface area contributed by atoms with Crippen LogP contribution in [0, 0.1) is 0 Å². The van der Waals surface area contributed by atoms with E-state index in [1.807, 2.05) is 0 Å². The Bertz CT molecular complexity index is 1230. The number of hydrogen-bond donors (Lipinski definition) is 0. The molecule has 0 saturated carbocycles. The van der Waals surface area contributed by atoms with Crippen LogP contribution in [0.5, 0.6) is 5.75 Å². The third kappa shape index (κ3) is 5.11. The Morgan fingerprint density at radius 3 is 2.15 bits per heavy atom. The largest absolute Gasteiger partial charge is 0.497 e. The smallest absolute Gasteiger partial charge is 0.416 e. The summed E-state index contributed by atoms with van der Waals surface area (Å²) in [5.74, 6) is 0.630.